The minimum atomic E-state index is -4.74. The molecule has 3 unspecified atom stereocenters. The maximum atomic E-state index is 12.8. The second kappa shape index (κ2) is 12.5. The average Bonchev–Trinajstić information content (AvgIpc) is 2.73. The Kier molecular flexibility index (Phi) is 10.7. The standard InChI is InChI=1S/C22H28F6N4O3/c1-13(14-6-4-5-7-17(14)32(2)3)30-18(12-33)31-20(35)16(9-11-22(26,27)28)15(19(29)34)8-10-21(23,24)25/h4-7,12,15-16,18H,8-11H2,1-3H3,(H2,29,34)(H,31,35)/b30-13-. The fourth-order valence-electron chi connectivity index (χ4n) is 3.49. The Hall–Kier alpha value is -3.12. The van der Waals surface area contributed by atoms with Crippen molar-refractivity contribution < 1.29 is 40.7 Å². The van der Waals surface area contributed by atoms with E-state index in [2.05, 4.69) is 10.3 Å². The first kappa shape index (κ1) is 29.9. The summed E-state index contributed by atoms with van der Waals surface area (Å²) in [5.41, 5.74) is 6.78. The topological polar surface area (TPSA) is 105 Å². The van der Waals surface area contributed by atoms with Crippen LogP contribution in [-0.2, 0) is 14.4 Å². The number of benzene rings is 1. The van der Waals surface area contributed by atoms with Gasteiger partial charge in [-0.05, 0) is 25.8 Å². The molecule has 0 aliphatic rings. The molecule has 35 heavy (non-hydrogen) atoms. The molecule has 7 nitrogen and oxygen atoms in total. The highest BCUT2D eigenvalue weighted by Crippen LogP contribution is 2.32. The molecule has 196 valence electrons. The van der Waals surface area contributed by atoms with E-state index < -0.39 is 67.9 Å². The number of carbonyl (C=O) groups is 3. The number of aldehydes is 1. The van der Waals surface area contributed by atoms with Crippen molar-refractivity contribution in [3.63, 3.8) is 0 Å². The summed E-state index contributed by atoms with van der Waals surface area (Å²) in [4.78, 5) is 42.0. The maximum absolute atomic E-state index is 12.8. The number of rotatable bonds is 12. The average molecular weight is 510 g/mol. The lowest BCUT2D eigenvalue weighted by molar-refractivity contribution is -0.152. The van der Waals surface area contributed by atoms with Gasteiger partial charge in [-0.15, -0.1) is 0 Å². The van der Waals surface area contributed by atoms with Crippen molar-refractivity contribution in [3.05, 3.63) is 29.8 Å². The first-order valence-electron chi connectivity index (χ1n) is 10.6. The molecule has 0 heterocycles. The van der Waals surface area contributed by atoms with Gasteiger partial charge in [0.05, 0.1) is 0 Å². The molecule has 1 aromatic carbocycles. The molecular formula is C22H28F6N4O3. The summed E-state index contributed by atoms with van der Waals surface area (Å²) < 4.78 is 76.4. The SMILES string of the molecule is C/C(=N/C(C=O)NC(=O)C(CCC(F)(F)F)C(CCC(F)(F)F)C(N)=O)c1ccccc1N(C)C. The molecule has 1 aromatic rings. The molecule has 0 bridgehead atoms. The van der Waals surface area contributed by atoms with E-state index in [4.69, 9.17) is 5.73 Å². The zero-order valence-electron chi connectivity index (χ0n) is 19.4. The van der Waals surface area contributed by atoms with Crippen molar-refractivity contribution in [1.29, 1.82) is 0 Å². The van der Waals surface area contributed by atoms with Crippen LogP contribution in [0.2, 0.25) is 0 Å². The Labute approximate surface area is 198 Å². The third-order valence-electron chi connectivity index (χ3n) is 5.19. The fraction of sp³-hybridized carbons (Fsp3) is 0.545. The first-order chi connectivity index (χ1) is 16.1. The number of alkyl halides is 6. The minimum Gasteiger partial charge on any atom is -0.377 e. The first-order valence-corrected chi connectivity index (χ1v) is 10.6. The molecule has 2 amide bonds. The second-order valence-corrected chi connectivity index (χ2v) is 8.14. The summed E-state index contributed by atoms with van der Waals surface area (Å²) in [6.07, 6.45) is -15.8. The van der Waals surface area contributed by atoms with Crippen LogP contribution in [0.3, 0.4) is 0 Å². The van der Waals surface area contributed by atoms with Crippen LogP contribution in [0.4, 0.5) is 32.0 Å². The number of nitrogens with two attached hydrogens (primary N) is 1. The highest BCUT2D eigenvalue weighted by atomic mass is 19.4. The van der Waals surface area contributed by atoms with Crippen molar-refractivity contribution in [3.8, 4) is 0 Å². The van der Waals surface area contributed by atoms with Gasteiger partial charge in [0.25, 0.3) is 0 Å². The van der Waals surface area contributed by atoms with Gasteiger partial charge in [-0.1, -0.05) is 18.2 Å². The summed E-state index contributed by atoms with van der Waals surface area (Å²) in [6.45, 7) is 1.54. The lowest BCUT2D eigenvalue weighted by Crippen LogP contribution is -2.45. The number of hydrogen-bond donors (Lipinski definition) is 2. The predicted octanol–water partition coefficient (Wildman–Crippen LogP) is 3.61. The smallest absolute Gasteiger partial charge is 0.377 e. The van der Waals surface area contributed by atoms with Crippen LogP contribution in [0.25, 0.3) is 0 Å². The molecule has 13 heteroatoms. The number of nitrogens with zero attached hydrogens (tertiary/aromatic N) is 2. The summed E-state index contributed by atoms with van der Waals surface area (Å²) in [5, 5.41) is 2.12. The molecule has 3 atom stereocenters. The molecule has 3 N–H and O–H groups in total. The van der Waals surface area contributed by atoms with E-state index in [1.165, 1.54) is 0 Å². The molecule has 0 saturated heterocycles. The van der Waals surface area contributed by atoms with Crippen LogP contribution < -0.4 is 16.0 Å². The lowest BCUT2D eigenvalue weighted by atomic mass is 9.83. The van der Waals surface area contributed by atoms with Crippen molar-refractivity contribution in [2.24, 2.45) is 22.6 Å². The van der Waals surface area contributed by atoms with Crippen LogP contribution in [0.1, 0.15) is 38.2 Å². The van der Waals surface area contributed by atoms with Gasteiger partial charge in [0, 0.05) is 55.7 Å². The number of amides is 2. The minimum absolute atomic E-state index is 0.218. The Bertz CT molecular complexity index is 915. The van der Waals surface area contributed by atoms with E-state index in [1.807, 2.05) is 0 Å². The van der Waals surface area contributed by atoms with Crippen molar-refractivity contribution in [2.75, 3.05) is 19.0 Å². The number of carbonyl (C=O) groups excluding carboxylic acids is 3. The van der Waals surface area contributed by atoms with Gasteiger partial charge in [-0.25, -0.2) is 0 Å². The van der Waals surface area contributed by atoms with Crippen molar-refractivity contribution >= 4 is 29.5 Å². The van der Waals surface area contributed by atoms with Gasteiger partial charge in [0.15, 0.2) is 12.5 Å². The van der Waals surface area contributed by atoms with Crippen LogP contribution >= 0.6 is 0 Å². The largest absolute Gasteiger partial charge is 0.389 e. The monoisotopic (exact) mass is 510 g/mol. The van der Waals surface area contributed by atoms with Crippen LogP contribution in [0.15, 0.2) is 29.3 Å². The van der Waals surface area contributed by atoms with Gasteiger partial charge in [-0.3, -0.25) is 19.4 Å². The van der Waals surface area contributed by atoms with Crippen LogP contribution in [0, 0.1) is 11.8 Å². The third-order valence-corrected chi connectivity index (χ3v) is 5.19. The van der Waals surface area contributed by atoms with Crippen molar-refractivity contribution in [1.82, 2.24) is 5.32 Å². The number of anilines is 1. The highest BCUT2D eigenvalue weighted by Gasteiger charge is 2.39. The van der Waals surface area contributed by atoms with E-state index in [0.717, 1.165) is 5.69 Å². The second-order valence-electron chi connectivity index (χ2n) is 8.14. The fourth-order valence-corrected chi connectivity index (χ4v) is 3.49. The normalized spacial score (nSPS) is 15.2. The molecular weight excluding hydrogens is 482 g/mol. The highest BCUT2D eigenvalue weighted by molar-refractivity contribution is 6.04. The Morgan fingerprint density at radius 2 is 1.54 bits per heavy atom. The van der Waals surface area contributed by atoms with E-state index in [-0.39, 0.29) is 6.29 Å². The molecule has 0 fully saturated rings. The molecule has 0 aliphatic carbocycles. The zero-order chi connectivity index (χ0) is 27.0. The lowest BCUT2D eigenvalue weighted by Gasteiger charge is -2.26. The Balaban J connectivity index is 3.22. The molecule has 0 aromatic heterocycles. The number of primary amides is 1. The molecule has 0 aliphatic heterocycles. The van der Waals surface area contributed by atoms with Crippen LogP contribution in [0.5, 0.6) is 0 Å². The molecule has 0 saturated carbocycles. The summed E-state index contributed by atoms with van der Waals surface area (Å²) in [6, 6.07) is 6.95. The zero-order valence-corrected chi connectivity index (χ0v) is 19.4. The summed E-state index contributed by atoms with van der Waals surface area (Å²) in [7, 11) is 3.53. The van der Waals surface area contributed by atoms with E-state index >= 15 is 0 Å². The predicted molar refractivity (Wildman–Crippen MR) is 118 cm³/mol. The van der Waals surface area contributed by atoms with Gasteiger partial charge < -0.3 is 16.0 Å². The molecule has 1 rings (SSSR count). The quantitative estimate of drug-likeness (QED) is 0.255. The number of para-hydroxylation sites is 1. The number of halogens is 6. The molecule has 0 spiro atoms. The van der Waals surface area contributed by atoms with Crippen molar-refractivity contribution in [2.45, 2.75) is 51.1 Å². The molecule has 0 radical (unpaired) electrons. The van der Waals surface area contributed by atoms with E-state index in [9.17, 15) is 40.7 Å². The number of nitrogens with one attached hydrogen (secondary N) is 1. The van der Waals surface area contributed by atoms with E-state index in [1.54, 1.807) is 50.2 Å². The van der Waals surface area contributed by atoms with Gasteiger partial charge in [-0.2, -0.15) is 26.3 Å². The van der Waals surface area contributed by atoms with E-state index in [0.29, 0.717) is 11.3 Å². The van der Waals surface area contributed by atoms with Gasteiger partial charge >= 0.3 is 12.4 Å². The number of hydrogen-bond acceptors (Lipinski definition) is 5. The Morgan fingerprint density at radius 1 is 1.03 bits per heavy atom. The van der Waals surface area contributed by atoms with Crippen LogP contribution in [-0.4, -0.2) is 56.4 Å². The number of aliphatic imine (C=N–C) groups is 1. The Morgan fingerprint density at radius 3 is 2.00 bits per heavy atom. The van der Waals surface area contributed by atoms with Gasteiger partial charge in [0.2, 0.25) is 11.8 Å². The third kappa shape index (κ3) is 10.4. The van der Waals surface area contributed by atoms with Gasteiger partial charge in [0.1, 0.15) is 0 Å². The summed E-state index contributed by atoms with van der Waals surface area (Å²) >= 11 is 0. The summed E-state index contributed by atoms with van der Waals surface area (Å²) in [5.74, 6) is -6.25. The maximum Gasteiger partial charge on any atom is 0.389 e.